The molecule has 0 saturated carbocycles. The van der Waals surface area contributed by atoms with Crippen molar-refractivity contribution in [2.45, 2.75) is 135 Å². The van der Waals surface area contributed by atoms with E-state index in [1.165, 1.54) is 0 Å². The Morgan fingerprint density at radius 1 is 0.617 bits per heavy atom. The molecule has 0 aromatic heterocycles. The van der Waals surface area contributed by atoms with Crippen LogP contribution in [0.2, 0.25) is 0 Å². The molecule has 0 fully saturated rings. The SMILES string of the molecule is CC/C=C\C/C=C\C/C=C\CCCCCCCC(=O)O[C@H](COC(=O)CC/C=C\C/C=C\C[C@H](O)/C=C/C=C\C=C\[C@H](O)C/C=C\CC)COP(=O)([O-])OCC[N+](C)(C)C. The lowest BCUT2D eigenvalue weighted by Gasteiger charge is -2.28. The van der Waals surface area contributed by atoms with Crippen LogP contribution in [-0.2, 0) is 32.7 Å². The molecular formula is C48H78NO10P. The summed E-state index contributed by atoms with van der Waals surface area (Å²) in [5, 5.41) is 20.0. The first-order valence-electron chi connectivity index (χ1n) is 21.8. The maximum absolute atomic E-state index is 12.7. The van der Waals surface area contributed by atoms with E-state index in [0.717, 1.165) is 57.8 Å². The van der Waals surface area contributed by atoms with Gasteiger partial charge in [0.05, 0.1) is 40.0 Å². The second-order valence-corrected chi connectivity index (χ2v) is 16.8. The third-order valence-corrected chi connectivity index (χ3v) is 9.43. The van der Waals surface area contributed by atoms with E-state index in [0.29, 0.717) is 43.1 Å². The number of rotatable bonds is 37. The van der Waals surface area contributed by atoms with E-state index in [9.17, 15) is 29.3 Å². The van der Waals surface area contributed by atoms with Crippen LogP contribution in [0.1, 0.15) is 117 Å². The van der Waals surface area contributed by atoms with Gasteiger partial charge in [-0.1, -0.05) is 142 Å². The Labute approximate surface area is 362 Å². The Kier molecular flexibility index (Phi) is 36.3. The molecule has 0 saturated heterocycles. The fourth-order valence-electron chi connectivity index (χ4n) is 5.04. The standard InChI is InChI=1S/C48H78NO10P/c1-6-8-10-11-12-13-14-15-16-17-18-19-20-25-33-39-48(53)59-46(43-58-60(54,55)57-41-40-49(3,4)5)42-56-47(52)38-32-24-22-21-23-29-35-45(51)37-31-27-26-30-36-44(50)34-28-9-7-2/h8-10,12-13,15-16,22-24,26-31,36-37,44-46,50-51H,6-7,11,14,17-21,25,32-35,38-43H2,1-5H3/b10-8-,13-12-,16-15-,24-22-,27-26-,28-9-,29-23-,36-30+,37-31+/t44-,45+,46-/m1/s1. The zero-order chi connectivity index (χ0) is 44.6. The minimum atomic E-state index is -4.68. The molecule has 11 nitrogen and oxygen atoms in total. The zero-order valence-corrected chi connectivity index (χ0v) is 38.2. The summed E-state index contributed by atoms with van der Waals surface area (Å²) in [5.74, 6) is -1.04. The molecule has 340 valence electrons. The van der Waals surface area contributed by atoms with E-state index in [1.54, 1.807) is 36.5 Å². The molecule has 0 aliphatic rings. The largest absolute Gasteiger partial charge is 0.756 e. The Bertz CT molecular complexity index is 1420. The summed E-state index contributed by atoms with van der Waals surface area (Å²) < 4.78 is 33.7. The van der Waals surface area contributed by atoms with Gasteiger partial charge in [0.1, 0.15) is 19.8 Å². The number of aliphatic hydroxyl groups is 2. The Morgan fingerprint density at radius 2 is 1.13 bits per heavy atom. The van der Waals surface area contributed by atoms with Crippen molar-refractivity contribution in [1.82, 2.24) is 0 Å². The molecule has 0 aliphatic carbocycles. The maximum atomic E-state index is 12.7. The average molecular weight is 860 g/mol. The zero-order valence-electron chi connectivity index (χ0n) is 37.3. The number of hydrogen-bond acceptors (Lipinski definition) is 10. The van der Waals surface area contributed by atoms with Crippen LogP contribution >= 0.6 is 7.82 Å². The molecule has 0 spiro atoms. The summed E-state index contributed by atoms with van der Waals surface area (Å²) >= 11 is 0. The fourth-order valence-corrected chi connectivity index (χ4v) is 5.77. The number of hydrogen-bond donors (Lipinski definition) is 2. The van der Waals surface area contributed by atoms with Gasteiger partial charge in [-0.25, -0.2) is 0 Å². The molecule has 0 heterocycles. The van der Waals surface area contributed by atoms with Crippen molar-refractivity contribution in [2.75, 3.05) is 47.5 Å². The van der Waals surface area contributed by atoms with Gasteiger partial charge in [-0.05, 0) is 70.6 Å². The first kappa shape index (κ1) is 56.6. The highest BCUT2D eigenvalue weighted by Crippen LogP contribution is 2.38. The highest BCUT2D eigenvalue weighted by Gasteiger charge is 2.21. The van der Waals surface area contributed by atoms with E-state index in [2.05, 4.69) is 43.4 Å². The van der Waals surface area contributed by atoms with E-state index in [1.807, 2.05) is 64.5 Å². The van der Waals surface area contributed by atoms with Crippen LogP contribution < -0.4 is 4.89 Å². The van der Waals surface area contributed by atoms with Crippen molar-refractivity contribution in [1.29, 1.82) is 0 Å². The van der Waals surface area contributed by atoms with Gasteiger partial charge in [-0.2, -0.15) is 0 Å². The number of ether oxygens (including phenoxy) is 2. The summed E-state index contributed by atoms with van der Waals surface area (Å²) in [6.07, 6.45) is 44.8. The highest BCUT2D eigenvalue weighted by molar-refractivity contribution is 7.45. The lowest BCUT2D eigenvalue weighted by atomic mass is 10.1. The van der Waals surface area contributed by atoms with Gasteiger partial charge in [0.25, 0.3) is 7.82 Å². The van der Waals surface area contributed by atoms with E-state index < -0.39 is 44.7 Å². The number of carbonyl (C=O) groups is 2. The van der Waals surface area contributed by atoms with Crippen molar-refractivity contribution >= 4 is 19.8 Å². The van der Waals surface area contributed by atoms with Crippen LogP contribution in [0.5, 0.6) is 0 Å². The van der Waals surface area contributed by atoms with Crippen LogP contribution in [0.4, 0.5) is 0 Å². The van der Waals surface area contributed by atoms with Crippen molar-refractivity contribution in [3.8, 4) is 0 Å². The number of carbonyl (C=O) groups excluding carboxylic acids is 2. The second kappa shape index (κ2) is 38.5. The third kappa shape index (κ3) is 41.3. The summed E-state index contributed by atoms with van der Waals surface area (Å²) in [7, 11) is 1.03. The lowest BCUT2D eigenvalue weighted by Crippen LogP contribution is -2.37. The number of phosphoric ester groups is 1. The molecular weight excluding hydrogens is 781 g/mol. The van der Waals surface area contributed by atoms with Crippen LogP contribution in [0.3, 0.4) is 0 Å². The minimum Gasteiger partial charge on any atom is -0.756 e. The molecule has 60 heavy (non-hydrogen) atoms. The molecule has 2 N–H and O–H groups in total. The minimum absolute atomic E-state index is 0.0706. The number of nitrogens with zero attached hydrogens (tertiary/aromatic N) is 1. The third-order valence-electron chi connectivity index (χ3n) is 8.47. The molecule has 0 radical (unpaired) electrons. The Balaban J connectivity index is 4.64. The van der Waals surface area contributed by atoms with Gasteiger partial charge in [-0.3, -0.25) is 14.2 Å². The normalized spacial score (nSPS) is 15.7. The number of esters is 2. The second-order valence-electron chi connectivity index (χ2n) is 15.3. The van der Waals surface area contributed by atoms with Gasteiger partial charge >= 0.3 is 11.9 Å². The molecule has 0 rings (SSSR count). The van der Waals surface area contributed by atoms with E-state index in [4.69, 9.17) is 18.5 Å². The Morgan fingerprint density at radius 3 is 1.75 bits per heavy atom. The maximum Gasteiger partial charge on any atom is 0.306 e. The summed E-state index contributed by atoms with van der Waals surface area (Å²) in [4.78, 5) is 37.5. The topological polar surface area (TPSA) is 152 Å². The average Bonchev–Trinajstić information content (AvgIpc) is 3.19. The molecule has 0 aromatic rings. The van der Waals surface area contributed by atoms with Crippen LogP contribution in [0.25, 0.3) is 0 Å². The van der Waals surface area contributed by atoms with E-state index >= 15 is 0 Å². The van der Waals surface area contributed by atoms with Gasteiger partial charge in [0.15, 0.2) is 6.10 Å². The number of quaternary nitrogens is 1. The molecule has 12 heteroatoms. The molecule has 0 bridgehead atoms. The van der Waals surface area contributed by atoms with Gasteiger partial charge in [0.2, 0.25) is 0 Å². The highest BCUT2D eigenvalue weighted by atomic mass is 31.2. The summed E-state index contributed by atoms with van der Waals surface area (Å²) in [6.45, 7) is 3.66. The number of likely N-dealkylation sites (N-methyl/N-ethyl adjacent to an activating group) is 1. The Hall–Kier alpha value is -3.41. The molecule has 0 aliphatic heterocycles. The molecule has 0 aromatic carbocycles. The van der Waals surface area contributed by atoms with Crippen molar-refractivity contribution in [2.24, 2.45) is 0 Å². The molecule has 4 atom stereocenters. The number of aliphatic hydroxyl groups excluding tert-OH is 2. The molecule has 1 unspecified atom stereocenters. The molecule has 0 amide bonds. The van der Waals surface area contributed by atoms with E-state index in [-0.39, 0.29) is 26.1 Å². The van der Waals surface area contributed by atoms with Crippen molar-refractivity contribution in [3.63, 3.8) is 0 Å². The number of allylic oxidation sites excluding steroid dienone is 14. The first-order valence-corrected chi connectivity index (χ1v) is 23.3. The summed E-state index contributed by atoms with van der Waals surface area (Å²) in [6, 6.07) is 0. The number of unbranched alkanes of at least 4 members (excludes halogenated alkanes) is 5. The summed E-state index contributed by atoms with van der Waals surface area (Å²) in [5.41, 5.74) is 0. The van der Waals surface area contributed by atoms with Crippen molar-refractivity contribution in [3.05, 3.63) is 109 Å². The fraction of sp³-hybridized carbons (Fsp3) is 0.583. The number of phosphoric acid groups is 1. The van der Waals surface area contributed by atoms with Crippen LogP contribution in [-0.4, -0.2) is 92.5 Å². The predicted molar refractivity (Wildman–Crippen MR) is 243 cm³/mol. The van der Waals surface area contributed by atoms with Gasteiger partial charge in [-0.15, -0.1) is 0 Å². The van der Waals surface area contributed by atoms with Crippen molar-refractivity contribution < 1.29 is 52.3 Å². The lowest BCUT2D eigenvalue weighted by molar-refractivity contribution is -0.870. The predicted octanol–water partition coefficient (Wildman–Crippen LogP) is 9.66. The van der Waals surface area contributed by atoms with Crippen LogP contribution in [0, 0.1) is 0 Å². The van der Waals surface area contributed by atoms with Crippen LogP contribution in [0.15, 0.2) is 109 Å². The van der Waals surface area contributed by atoms with Gasteiger partial charge < -0.3 is 38.1 Å². The van der Waals surface area contributed by atoms with Gasteiger partial charge in [0, 0.05) is 12.8 Å². The quantitative estimate of drug-likeness (QED) is 0.0154. The first-order chi connectivity index (χ1) is 28.8. The monoisotopic (exact) mass is 860 g/mol. The smallest absolute Gasteiger partial charge is 0.306 e.